The van der Waals surface area contributed by atoms with Crippen LogP contribution in [0.3, 0.4) is 0 Å². The molecule has 2 N–H and O–H groups in total. The van der Waals surface area contributed by atoms with Crippen LogP contribution in [-0.2, 0) is 16.4 Å². The van der Waals surface area contributed by atoms with Gasteiger partial charge in [0.1, 0.15) is 5.75 Å². The molecular weight excluding hydrogens is 346 g/mol. The number of methoxy groups -OCH3 is 1. The van der Waals surface area contributed by atoms with Gasteiger partial charge in [-0.15, -0.1) is 0 Å². The molecule has 0 atom stereocenters. The van der Waals surface area contributed by atoms with Crippen molar-refractivity contribution in [2.45, 2.75) is 17.7 Å². The minimum Gasteiger partial charge on any atom is -0.497 e. The van der Waals surface area contributed by atoms with Crippen molar-refractivity contribution >= 4 is 27.1 Å². The first-order valence-electron chi connectivity index (χ1n) is 7.59. The molecule has 1 heterocycles. The molecule has 0 fully saturated rings. The Morgan fingerprint density at radius 3 is 2.72 bits per heavy atom. The van der Waals surface area contributed by atoms with Crippen molar-refractivity contribution in [2.75, 3.05) is 23.7 Å². The van der Waals surface area contributed by atoms with E-state index in [1.54, 1.807) is 18.2 Å². The normalized spacial score (nSPS) is 14.0. The van der Waals surface area contributed by atoms with E-state index in [0.29, 0.717) is 24.2 Å². The second-order valence-corrected chi connectivity index (χ2v) is 7.45. The van der Waals surface area contributed by atoms with E-state index in [2.05, 4.69) is 0 Å². The van der Waals surface area contributed by atoms with Gasteiger partial charge >= 0.3 is 0 Å². The van der Waals surface area contributed by atoms with Gasteiger partial charge in [0.15, 0.2) is 4.90 Å². The third-order valence-corrected chi connectivity index (χ3v) is 6.04. The first-order valence-corrected chi connectivity index (χ1v) is 9.03. The Bertz CT molecular complexity index is 943. The van der Waals surface area contributed by atoms with Crippen molar-refractivity contribution in [2.24, 2.45) is 0 Å². The number of ether oxygens (including phenoxy) is 1. The SMILES string of the molecule is COc1ccc(S(=O)(=O)N2CCCc3c(N)cccc32)c([N+](=O)[O-])c1. The number of nitro groups is 1. The molecule has 25 heavy (non-hydrogen) atoms. The maximum Gasteiger partial charge on any atom is 0.293 e. The number of hydrogen-bond donors (Lipinski definition) is 1. The Morgan fingerprint density at radius 1 is 1.28 bits per heavy atom. The molecule has 0 radical (unpaired) electrons. The van der Waals surface area contributed by atoms with Crippen molar-refractivity contribution in [3.05, 3.63) is 52.1 Å². The number of sulfonamides is 1. The lowest BCUT2D eigenvalue weighted by Crippen LogP contribution is -2.36. The average molecular weight is 363 g/mol. The van der Waals surface area contributed by atoms with Crippen molar-refractivity contribution in [3.8, 4) is 5.75 Å². The first kappa shape index (κ1) is 17.0. The lowest BCUT2D eigenvalue weighted by Gasteiger charge is -2.31. The van der Waals surface area contributed by atoms with Gasteiger partial charge in [-0.05, 0) is 42.7 Å². The minimum atomic E-state index is -4.11. The first-order chi connectivity index (χ1) is 11.9. The van der Waals surface area contributed by atoms with Crippen LogP contribution in [0, 0.1) is 10.1 Å². The number of rotatable bonds is 4. The fourth-order valence-corrected chi connectivity index (χ4v) is 4.65. The second-order valence-electron chi connectivity index (χ2n) is 5.62. The van der Waals surface area contributed by atoms with E-state index < -0.39 is 20.6 Å². The van der Waals surface area contributed by atoms with Crippen molar-refractivity contribution in [1.29, 1.82) is 0 Å². The fraction of sp³-hybridized carbons (Fsp3) is 0.250. The number of fused-ring (bicyclic) bond motifs is 1. The molecule has 2 aromatic rings. The molecule has 1 aliphatic rings. The van der Waals surface area contributed by atoms with Crippen LogP contribution in [0.5, 0.6) is 5.75 Å². The van der Waals surface area contributed by atoms with Crippen LogP contribution in [0.4, 0.5) is 17.1 Å². The number of benzene rings is 2. The standard InChI is InChI=1S/C16H17N3O5S/c1-24-11-7-8-16(15(10-11)19(20)21)25(22,23)18-9-3-4-12-13(17)5-2-6-14(12)18/h2,5-8,10H,3-4,9,17H2,1H3. The molecule has 0 saturated carbocycles. The summed E-state index contributed by atoms with van der Waals surface area (Å²) in [5, 5.41) is 11.4. The summed E-state index contributed by atoms with van der Waals surface area (Å²) < 4.78 is 32.4. The highest BCUT2D eigenvalue weighted by Crippen LogP contribution is 2.37. The molecule has 0 aliphatic carbocycles. The summed E-state index contributed by atoms with van der Waals surface area (Å²) in [7, 11) is -2.75. The van der Waals surface area contributed by atoms with Crippen LogP contribution in [0.2, 0.25) is 0 Å². The lowest BCUT2D eigenvalue weighted by molar-refractivity contribution is -0.387. The minimum absolute atomic E-state index is 0.217. The molecule has 0 aromatic heterocycles. The van der Waals surface area contributed by atoms with Crippen LogP contribution >= 0.6 is 0 Å². The van der Waals surface area contributed by atoms with Crippen molar-refractivity contribution in [3.63, 3.8) is 0 Å². The number of nitrogens with two attached hydrogens (primary N) is 1. The van der Waals surface area contributed by atoms with E-state index in [4.69, 9.17) is 10.5 Å². The van der Waals surface area contributed by atoms with E-state index in [1.165, 1.54) is 23.5 Å². The summed E-state index contributed by atoms with van der Waals surface area (Å²) in [4.78, 5) is 10.3. The zero-order chi connectivity index (χ0) is 18.2. The van der Waals surface area contributed by atoms with Crippen LogP contribution in [0.25, 0.3) is 0 Å². The van der Waals surface area contributed by atoms with Crippen LogP contribution in [0.1, 0.15) is 12.0 Å². The molecule has 132 valence electrons. The topological polar surface area (TPSA) is 116 Å². The largest absolute Gasteiger partial charge is 0.497 e. The van der Waals surface area contributed by atoms with Crippen LogP contribution in [-0.4, -0.2) is 27.0 Å². The second kappa shape index (κ2) is 6.25. The Morgan fingerprint density at radius 2 is 2.04 bits per heavy atom. The smallest absolute Gasteiger partial charge is 0.293 e. The third-order valence-electron chi connectivity index (χ3n) is 4.18. The highest BCUT2D eigenvalue weighted by molar-refractivity contribution is 7.93. The summed E-state index contributed by atoms with van der Waals surface area (Å²) in [5.41, 5.74) is 7.17. The molecule has 0 spiro atoms. The van der Waals surface area contributed by atoms with Gasteiger partial charge in [-0.3, -0.25) is 14.4 Å². The highest BCUT2D eigenvalue weighted by atomic mass is 32.2. The van der Waals surface area contributed by atoms with E-state index in [-0.39, 0.29) is 17.2 Å². The number of hydrogen-bond acceptors (Lipinski definition) is 6. The predicted molar refractivity (Wildman–Crippen MR) is 93.4 cm³/mol. The molecule has 0 amide bonds. The zero-order valence-electron chi connectivity index (χ0n) is 13.5. The quantitative estimate of drug-likeness (QED) is 0.506. The summed E-state index contributed by atoms with van der Waals surface area (Å²) in [6, 6.07) is 8.75. The summed E-state index contributed by atoms with van der Waals surface area (Å²) in [5.74, 6) is 0.217. The number of anilines is 2. The average Bonchev–Trinajstić information content (AvgIpc) is 2.61. The summed E-state index contributed by atoms with van der Waals surface area (Å²) >= 11 is 0. The predicted octanol–water partition coefficient (Wildman–Crippen LogP) is 2.33. The number of nitro benzene ring substituents is 1. The zero-order valence-corrected chi connectivity index (χ0v) is 14.3. The van der Waals surface area contributed by atoms with Crippen LogP contribution < -0.4 is 14.8 Å². The monoisotopic (exact) mass is 363 g/mol. The lowest BCUT2D eigenvalue weighted by atomic mass is 10.0. The maximum absolute atomic E-state index is 13.1. The van der Waals surface area contributed by atoms with E-state index >= 15 is 0 Å². The van der Waals surface area contributed by atoms with Gasteiger partial charge < -0.3 is 10.5 Å². The molecule has 2 aromatic carbocycles. The summed E-state index contributed by atoms with van der Waals surface area (Å²) in [6.45, 7) is 0.238. The molecule has 9 heteroatoms. The molecule has 0 bridgehead atoms. The third kappa shape index (κ3) is 2.86. The molecule has 1 aliphatic heterocycles. The fourth-order valence-electron chi connectivity index (χ4n) is 2.97. The molecular formula is C16H17N3O5S. The Balaban J connectivity index is 2.17. The summed E-state index contributed by atoms with van der Waals surface area (Å²) in [6.07, 6.45) is 1.25. The number of nitrogen functional groups attached to an aromatic ring is 1. The van der Waals surface area contributed by atoms with Crippen molar-refractivity contribution < 1.29 is 18.1 Å². The van der Waals surface area contributed by atoms with Gasteiger partial charge in [-0.25, -0.2) is 8.42 Å². The molecule has 0 unspecified atom stereocenters. The van der Waals surface area contributed by atoms with Gasteiger partial charge in [0, 0.05) is 12.2 Å². The van der Waals surface area contributed by atoms with Gasteiger partial charge in [-0.1, -0.05) is 6.07 Å². The Labute approximate surface area is 145 Å². The Hall–Kier alpha value is -2.81. The van der Waals surface area contributed by atoms with Crippen molar-refractivity contribution in [1.82, 2.24) is 0 Å². The van der Waals surface area contributed by atoms with E-state index in [1.807, 2.05) is 0 Å². The van der Waals surface area contributed by atoms with Gasteiger partial charge in [0.2, 0.25) is 0 Å². The highest BCUT2D eigenvalue weighted by Gasteiger charge is 2.35. The van der Waals surface area contributed by atoms with E-state index in [0.717, 1.165) is 11.6 Å². The molecule has 8 nitrogen and oxygen atoms in total. The number of nitrogens with zero attached hydrogens (tertiary/aromatic N) is 2. The van der Waals surface area contributed by atoms with Gasteiger partial charge in [0.05, 0.1) is 23.8 Å². The molecule has 0 saturated heterocycles. The molecule has 3 rings (SSSR count). The van der Waals surface area contributed by atoms with Crippen LogP contribution in [0.15, 0.2) is 41.3 Å². The Kier molecular flexibility index (Phi) is 4.25. The van der Waals surface area contributed by atoms with E-state index in [9.17, 15) is 18.5 Å². The van der Waals surface area contributed by atoms with Gasteiger partial charge in [0.25, 0.3) is 15.7 Å². The van der Waals surface area contributed by atoms with Gasteiger partial charge in [-0.2, -0.15) is 0 Å². The maximum atomic E-state index is 13.1.